The van der Waals surface area contributed by atoms with Crippen LogP contribution in [0.3, 0.4) is 0 Å². The second-order valence-electron chi connectivity index (χ2n) is 9.08. The van der Waals surface area contributed by atoms with Crippen molar-refractivity contribution >= 4 is 27.8 Å². The minimum Gasteiger partial charge on any atom is -0.490 e. The van der Waals surface area contributed by atoms with Gasteiger partial charge in [0.05, 0.1) is 29.0 Å². The van der Waals surface area contributed by atoms with Crippen LogP contribution in [0.1, 0.15) is 23.6 Å². The van der Waals surface area contributed by atoms with Crippen molar-refractivity contribution in [1.29, 1.82) is 0 Å². The lowest BCUT2D eigenvalue weighted by Crippen LogP contribution is -2.39. The van der Waals surface area contributed by atoms with Crippen LogP contribution in [0.15, 0.2) is 113 Å². The summed E-state index contributed by atoms with van der Waals surface area (Å²) in [6, 6.07) is 25.5. The molecule has 4 aromatic carbocycles. The molecule has 0 fully saturated rings. The fourth-order valence-electron chi connectivity index (χ4n) is 3.94. The van der Waals surface area contributed by atoms with E-state index in [1.807, 2.05) is 37.3 Å². The van der Waals surface area contributed by atoms with Crippen LogP contribution in [0.4, 0.5) is 18.9 Å². The average molecular weight is 612 g/mol. The van der Waals surface area contributed by atoms with E-state index in [9.17, 15) is 26.4 Å². The second kappa shape index (κ2) is 13.9. The molecule has 0 aliphatic carbocycles. The fourth-order valence-corrected chi connectivity index (χ4v) is 5.38. The van der Waals surface area contributed by atoms with Gasteiger partial charge in [-0.1, -0.05) is 54.6 Å². The number of hydrogen-bond acceptors (Lipinski definition) is 6. The zero-order valence-electron chi connectivity index (χ0n) is 23.0. The van der Waals surface area contributed by atoms with Gasteiger partial charge < -0.3 is 9.47 Å². The highest BCUT2D eigenvalue weighted by Gasteiger charge is 2.33. The Bertz CT molecular complexity index is 1670. The van der Waals surface area contributed by atoms with Gasteiger partial charge in [0.15, 0.2) is 11.5 Å². The molecule has 224 valence electrons. The second-order valence-corrected chi connectivity index (χ2v) is 10.9. The molecule has 0 heterocycles. The number of nitrogens with zero attached hydrogens (tertiary/aromatic N) is 2. The molecular weight excluding hydrogens is 583 g/mol. The Labute approximate surface area is 247 Å². The molecule has 0 aliphatic heterocycles. The van der Waals surface area contributed by atoms with Gasteiger partial charge in [0.2, 0.25) is 0 Å². The fraction of sp³-hybridized carbons (Fsp3) is 0.161. The predicted octanol–water partition coefficient (Wildman–Crippen LogP) is 6.03. The van der Waals surface area contributed by atoms with Crippen LogP contribution in [0, 0.1) is 0 Å². The lowest BCUT2D eigenvalue weighted by molar-refractivity contribution is -0.137. The molecule has 4 rings (SSSR count). The number of anilines is 1. The maximum Gasteiger partial charge on any atom is 0.416 e. The molecule has 1 N–H and O–H groups in total. The number of halogens is 3. The molecule has 0 unspecified atom stereocenters. The molecular formula is C31H28F3N3O5S. The van der Waals surface area contributed by atoms with Crippen LogP contribution in [0.25, 0.3) is 0 Å². The quantitative estimate of drug-likeness (QED) is 0.156. The lowest BCUT2D eigenvalue weighted by atomic mass is 10.2. The number of carbonyl (C=O) groups is 1. The van der Waals surface area contributed by atoms with E-state index in [2.05, 4.69) is 10.5 Å². The highest BCUT2D eigenvalue weighted by Crippen LogP contribution is 2.33. The minimum atomic E-state index is -4.72. The molecule has 0 aliphatic rings. The first-order chi connectivity index (χ1) is 20.6. The molecule has 0 saturated heterocycles. The Kier molecular flexibility index (Phi) is 10.0. The number of sulfonamides is 1. The monoisotopic (exact) mass is 611 g/mol. The normalized spacial score (nSPS) is 11.7. The predicted molar refractivity (Wildman–Crippen MR) is 157 cm³/mol. The van der Waals surface area contributed by atoms with Gasteiger partial charge in [-0.15, -0.1) is 0 Å². The summed E-state index contributed by atoms with van der Waals surface area (Å²) in [5.41, 5.74) is 2.38. The Balaban J connectivity index is 1.51. The van der Waals surface area contributed by atoms with Crippen LogP contribution >= 0.6 is 0 Å². The van der Waals surface area contributed by atoms with E-state index in [0.717, 1.165) is 17.7 Å². The first-order valence-corrected chi connectivity index (χ1v) is 14.5. The first-order valence-electron chi connectivity index (χ1n) is 13.1. The summed E-state index contributed by atoms with van der Waals surface area (Å²) in [4.78, 5) is 12.6. The zero-order chi connectivity index (χ0) is 30.9. The van der Waals surface area contributed by atoms with E-state index in [-0.39, 0.29) is 10.6 Å². The topological polar surface area (TPSA) is 97.3 Å². The number of hydrogen-bond donors (Lipinski definition) is 1. The summed E-state index contributed by atoms with van der Waals surface area (Å²) in [7, 11) is -4.41. The van der Waals surface area contributed by atoms with Crippen molar-refractivity contribution < 1.29 is 35.9 Å². The largest absolute Gasteiger partial charge is 0.490 e. The van der Waals surface area contributed by atoms with Crippen molar-refractivity contribution in [2.75, 3.05) is 17.5 Å². The standard InChI is InChI=1S/C31H28F3N3O5S/c1-2-41-29-18-24(16-17-28(29)42-22-23-10-5-3-6-11-23)20-35-36-30(38)21-37(43(39,40)27-14-7-4-8-15-27)26-13-9-12-25(19-26)31(32,33)34/h3-20H,2,21-22H2,1H3,(H,36,38)/b35-20-. The summed E-state index contributed by atoms with van der Waals surface area (Å²) < 4.78 is 79.1. The molecule has 0 atom stereocenters. The van der Waals surface area contributed by atoms with E-state index in [1.54, 1.807) is 24.3 Å². The Morgan fingerprint density at radius 1 is 0.884 bits per heavy atom. The molecule has 43 heavy (non-hydrogen) atoms. The van der Waals surface area contributed by atoms with Crippen LogP contribution in [0.2, 0.25) is 0 Å². The Morgan fingerprint density at radius 3 is 2.26 bits per heavy atom. The molecule has 8 nitrogen and oxygen atoms in total. The van der Waals surface area contributed by atoms with Crippen molar-refractivity contribution in [3.8, 4) is 11.5 Å². The van der Waals surface area contributed by atoms with E-state index in [1.165, 1.54) is 36.5 Å². The third-order valence-corrected chi connectivity index (χ3v) is 7.78. The van der Waals surface area contributed by atoms with E-state index in [0.29, 0.717) is 40.6 Å². The van der Waals surface area contributed by atoms with E-state index >= 15 is 0 Å². The Morgan fingerprint density at radius 2 is 1.58 bits per heavy atom. The van der Waals surface area contributed by atoms with E-state index in [4.69, 9.17) is 9.47 Å². The summed E-state index contributed by atoms with van der Waals surface area (Å²) >= 11 is 0. The van der Waals surface area contributed by atoms with Gasteiger partial charge in [-0.05, 0) is 66.6 Å². The molecule has 1 amide bonds. The summed E-state index contributed by atoms with van der Waals surface area (Å²) in [6.45, 7) is 1.70. The molecule has 0 saturated carbocycles. The highest BCUT2D eigenvalue weighted by atomic mass is 32.2. The van der Waals surface area contributed by atoms with Crippen molar-refractivity contribution in [1.82, 2.24) is 5.43 Å². The van der Waals surface area contributed by atoms with Gasteiger partial charge in [-0.3, -0.25) is 9.10 Å². The first kappa shape index (κ1) is 31.1. The number of hydrazone groups is 1. The number of rotatable bonds is 12. The minimum absolute atomic E-state index is 0.193. The molecule has 0 bridgehead atoms. The third kappa shape index (κ3) is 8.35. The van der Waals surface area contributed by atoms with Gasteiger partial charge in [0, 0.05) is 0 Å². The molecule has 0 aromatic heterocycles. The van der Waals surface area contributed by atoms with Crippen molar-refractivity contribution in [3.05, 3.63) is 120 Å². The van der Waals surface area contributed by atoms with Crippen molar-refractivity contribution in [2.24, 2.45) is 5.10 Å². The average Bonchev–Trinajstić information content (AvgIpc) is 3.00. The molecule has 0 radical (unpaired) electrons. The van der Waals surface area contributed by atoms with Gasteiger partial charge in [-0.2, -0.15) is 18.3 Å². The van der Waals surface area contributed by atoms with Crippen molar-refractivity contribution in [3.63, 3.8) is 0 Å². The van der Waals surface area contributed by atoms with E-state index < -0.39 is 34.2 Å². The van der Waals surface area contributed by atoms with Crippen molar-refractivity contribution in [2.45, 2.75) is 24.6 Å². The SMILES string of the molecule is CCOc1cc(/C=N\NC(=O)CN(c2cccc(C(F)(F)F)c2)S(=O)(=O)c2ccccc2)ccc1OCc1ccccc1. The number of benzene rings is 4. The summed E-state index contributed by atoms with van der Waals surface area (Å²) in [5.74, 6) is 0.0918. The molecule has 0 spiro atoms. The smallest absolute Gasteiger partial charge is 0.416 e. The van der Waals surface area contributed by atoms with Gasteiger partial charge >= 0.3 is 6.18 Å². The number of carbonyl (C=O) groups excluding carboxylic acids is 1. The van der Waals surface area contributed by atoms with Gasteiger partial charge in [-0.25, -0.2) is 13.8 Å². The highest BCUT2D eigenvalue weighted by molar-refractivity contribution is 7.92. The third-order valence-electron chi connectivity index (χ3n) is 5.99. The van der Waals surface area contributed by atoms with Crippen LogP contribution in [0.5, 0.6) is 11.5 Å². The lowest BCUT2D eigenvalue weighted by Gasteiger charge is -2.24. The summed E-state index contributed by atoms with van der Waals surface area (Å²) in [6.07, 6.45) is -3.39. The maximum absolute atomic E-state index is 13.4. The Hall–Kier alpha value is -4.84. The number of nitrogens with one attached hydrogen (secondary N) is 1. The number of ether oxygens (including phenoxy) is 2. The van der Waals surface area contributed by atoms with Crippen LogP contribution in [-0.2, 0) is 27.6 Å². The van der Waals surface area contributed by atoms with Crippen LogP contribution in [-0.4, -0.2) is 33.7 Å². The molecule has 4 aromatic rings. The number of alkyl halides is 3. The van der Waals surface area contributed by atoms with Gasteiger partial charge in [0.25, 0.3) is 15.9 Å². The molecule has 12 heteroatoms. The van der Waals surface area contributed by atoms with Crippen LogP contribution < -0.4 is 19.2 Å². The maximum atomic E-state index is 13.4. The zero-order valence-corrected chi connectivity index (χ0v) is 23.8. The number of amides is 1. The van der Waals surface area contributed by atoms with Gasteiger partial charge in [0.1, 0.15) is 13.2 Å². The summed E-state index contributed by atoms with van der Waals surface area (Å²) in [5, 5.41) is 3.90.